The number of carbonyl (C=O) groups excluding carboxylic acids is 1. The van der Waals surface area contributed by atoms with Crippen LogP contribution >= 0.6 is 11.6 Å². The summed E-state index contributed by atoms with van der Waals surface area (Å²) in [7, 11) is 0. The van der Waals surface area contributed by atoms with Crippen molar-refractivity contribution in [3.8, 4) is 0 Å². The molecular formula is C12H14ClFN2O. The third kappa shape index (κ3) is 2.69. The van der Waals surface area contributed by atoms with Gasteiger partial charge in [0.2, 0.25) is 5.91 Å². The molecule has 1 aliphatic rings. The molecular weight excluding hydrogens is 243 g/mol. The van der Waals surface area contributed by atoms with Gasteiger partial charge < -0.3 is 10.6 Å². The van der Waals surface area contributed by atoms with Crippen LogP contribution in [-0.4, -0.2) is 11.9 Å². The van der Waals surface area contributed by atoms with E-state index in [1.807, 2.05) is 0 Å². The van der Waals surface area contributed by atoms with Gasteiger partial charge in [0.25, 0.3) is 0 Å². The Labute approximate surface area is 104 Å². The third-order valence-electron chi connectivity index (χ3n) is 2.70. The van der Waals surface area contributed by atoms with E-state index in [1.165, 1.54) is 6.92 Å². The van der Waals surface area contributed by atoms with E-state index < -0.39 is 5.82 Å². The Morgan fingerprint density at radius 2 is 2.12 bits per heavy atom. The molecule has 92 valence electrons. The fourth-order valence-electron chi connectivity index (χ4n) is 1.60. The molecule has 3 nitrogen and oxygen atoms in total. The molecule has 5 heteroatoms. The second-order valence-corrected chi connectivity index (χ2v) is 4.70. The van der Waals surface area contributed by atoms with E-state index >= 15 is 0 Å². The van der Waals surface area contributed by atoms with Gasteiger partial charge in [-0.1, -0.05) is 11.6 Å². The molecule has 0 saturated heterocycles. The minimum atomic E-state index is -0.583. The first-order valence-corrected chi connectivity index (χ1v) is 5.89. The molecule has 17 heavy (non-hydrogen) atoms. The summed E-state index contributed by atoms with van der Waals surface area (Å²) in [5.74, 6) is -0.901. The number of hydrogen-bond acceptors (Lipinski definition) is 2. The Bertz CT molecular complexity index is 472. The zero-order valence-electron chi connectivity index (χ0n) is 9.73. The lowest BCUT2D eigenvalue weighted by atomic mass is 10.1. The molecule has 1 amide bonds. The van der Waals surface area contributed by atoms with Crippen molar-refractivity contribution in [1.82, 2.24) is 0 Å². The fraction of sp³-hybridized carbons (Fsp3) is 0.417. The second-order valence-electron chi connectivity index (χ2n) is 4.32. The van der Waals surface area contributed by atoms with Crippen LogP contribution in [0.4, 0.5) is 15.8 Å². The van der Waals surface area contributed by atoms with Crippen LogP contribution in [0.2, 0.25) is 5.02 Å². The zero-order chi connectivity index (χ0) is 12.6. The van der Waals surface area contributed by atoms with Crippen molar-refractivity contribution in [3.05, 3.63) is 22.5 Å². The van der Waals surface area contributed by atoms with Crippen LogP contribution in [-0.2, 0) is 4.79 Å². The van der Waals surface area contributed by atoms with Crippen molar-refractivity contribution in [3.63, 3.8) is 0 Å². The first kappa shape index (κ1) is 12.2. The average Bonchev–Trinajstić information content (AvgIpc) is 3.05. The minimum Gasteiger partial charge on any atom is -0.382 e. The Balaban J connectivity index is 2.37. The number of nitrogens with one attached hydrogen (secondary N) is 2. The highest BCUT2D eigenvalue weighted by Crippen LogP contribution is 2.35. The number of anilines is 2. The van der Waals surface area contributed by atoms with E-state index in [-0.39, 0.29) is 16.6 Å². The average molecular weight is 257 g/mol. The van der Waals surface area contributed by atoms with Crippen LogP contribution in [0.3, 0.4) is 0 Å². The highest BCUT2D eigenvalue weighted by atomic mass is 35.5. The van der Waals surface area contributed by atoms with E-state index in [2.05, 4.69) is 10.6 Å². The number of rotatable bonds is 3. The number of benzene rings is 1. The summed E-state index contributed by atoms with van der Waals surface area (Å²) in [6.45, 7) is 3.09. The molecule has 1 fully saturated rings. The molecule has 1 aliphatic carbocycles. The highest BCUT2D eigenvalue weighted by molar-refractivity contribution is 6.32. The van der Waals surface area contributed by atoms with Gasteiger partial charge in [0.15, 0.2) is 5.82 Å². The van der Waals surface area contributed by atoms with Gasteiger partial charge in [-0.2, -0.15) is 0 Å². The van der Waals surface area contributed by atoms with Crippen LogP contribution in [0.5, 0.6) is 0 Å². The molecule has 1 saturated carbocycles. The van der Waals surface area contributed by atoms with Gasteiger partial charge in [0.05, 0.1) is 10.7 Å². The van der Waals surface area contributed by atoms with Gasteiger partial charge in [-0.05, 0) is 31.4 Å². The summed E-state index contributed by atoms with van der Waals surface area (Å²) in [5.41, 5.74) is 1.57. The summed E-state index contributed by atoms with van der Waals surface area (Å²) >= 11 is 5.91. The van der Waals surface area contributed by atoms with Crippen molar-refractivity contribution in [1.29, 1.82) is 0 Å². The van der Waals surface area contributed by atoms with Gasteiger partial charge in [0.1, 0.15) is 0 Å². The Kier molecular flexibility index (Phi) is 3.24. The predicted octanol–water partition coefficient (Wildman–Crippen LogP) is 3.32. The largest absolute Gasteiger partial charge is 0.382 e. The molecule has 0 bridgehead atoms. The quantitative estimate of drug-likeness (QED) is 0.871. The van der Waals surface area contributed by atoms with Crippen LogP contribution in [0.25, 0.3) is 0 Å². The van der Waals surface area contributed by atoms with E-state index in [0.717, 1.165) is 18.5 Å². The Hall–Kier alpha value is -1.29. The molecule has 0 unspecified atom stereocenters. The molecule has 0 radical (unpaired) electrons. The number of amides is 1. The molecule has 0 aliphatic heterocycles. The van der Waals surface area contributed by atoms with Crippen LogP contribution in [0.15, 0.2) is 6.07 Å². The van der Waals surface area contributed by atoms with Crippen LogP contribution in [0, 0.1) is 12.7 Å². The lowest BCUT2D eigenvalue weighted by Crippen LogP contribution is -2.10. The normalized spacial score (nSPS) is 14.6. The van der Waals surface area contributed by atoms with E-state index in [4.69, 9.17) is 11.6 Å². The topological polar surface area (TPSA) is 41.1 Å². The lowest BCUT2D eigenvalue weighted by Gasteiger charge is -2.14. The van der Waals surface area contributed by atoms with Gasteiger partial charge in [-0.25, -0.2) is 4.39 Å². The van der Waals surface area contributed by atoms with Gasteiger partial charge in [0, 0.05) is 18.7 Å². The summed E-state index contributed by atoms with van der Waals surface area (Å²) in [5, 5.41) is 5.76. The maximum Gasteiger partial charge on any atom is 0.221 e. The van der Waals surface area contributed by atoms with E-state index in [9.17, 15) is 9.18 Å². The standard InChI is InChI=1S/C12H14ClFN2O/c1-6-9(16-8-3-4-8)5-10(15-7(2)17)12(14)11(6)13/h5,8,16H,3-4H2,1-2H3,(H,15,17). The van der Waals surface area contributed by atoms with Crippen molar-refractivity contribution in [2.24, 2.45) is 0 Å². The van der Waals surface area contributed by atoms with E-state index in [1.54, 1.807) is 13.0 Å². The van der Waals surface area contributed by atoms with Gasteiger partial charge in [-0.15, -0.1) is 0 Å². The number of halogens is 2. The molecule has 1 aromatic rings. The maximum absolute atomic E-state index is 13.8. The van der Waals surface area contributed by atoms with Gasteiger partial charge in [-0.3, -0.25) is 4.79 Å². The minimum absolute atomic E-state index is 0.0550. The molecule has 0 heterocycles. The summed E-state index contributed by atoms with van der Waals surface area (Å²) in [6, 6.07) is 2.04. The highest BCUT2D eigenvalue weighted by Gasteiger charge is 2.23. The van der Waals surface area contributed by atoms with Crippen molar-refractivity contribution in [2.75, 3.05) is 10.6 Å². The Morgan fingerprint density at radius 3 is 2.65 bits per heavy atom. The zero-order valence-corrected chi connectivity index (χ0v) is 10.5. The first-order chi connectivity index (χ1) is 7.99. The summed E-state index contributed by atoms with van der Waals surface area (Å²) < 4.78 is 13.8. The van der Waals surface area contributed by atoms with Crippen LogP contribution < -0.4 is 10.6 Å². The monoisotopic (exact) mass is 256 g/mol. The molecule has 0 spiro atoms. The second kappa shape index (κ2) is 4.53. The molecule has 1 aromatic carbocycles. The summed E-state index contributed by atoms with van der Waals surface area (Å²) in [6.07, 6.45) is 2.23. The number of carbonyl (C=O) groups is 1. The number of hydrogen-bond donors (Lipinski definition) is 2. The smallest absolute Gasteiger partial charge is 0.221 e. The molecule has 2 rings (SSSR count). The van der Waals surface area contributed by atoms with Crippen molar-refractivity contribution in [2.45, 2.75) is 32.7 Å². The molecule has 2 N–H and O–H groups in total. The molecule has 0 atom stereocenters. The summed E-state index contributed by atoms with van der Waals surface area (Å²) in [4.78, 5) is 11.0. The van der Waals surface area contributed by atoms with Crippen LogP contribution in [0.1, 0.15) is 25.3 Å². The van der Waals surface area contributed by atoms with E-state index in [0.29, 0.717) is 11.6 Å². The lowest BCUT2D eigenvalue weighted by molar-refractivity contribution is -0.114. The first-order valence-electron chi connectivity index (χ1n) is 5.51. The Morgan fingerprint density at radius 1 is 1.47 bits per heavy atom. The van der Waals surface area contributed by atoms with Crippen molar-refractivity contribution < 1.29 is 9.18 Å². The molecule has 0 aromatic heterocycles. The fourth-order valence-corrected chi connectivity index (χ4v) is 1.80. The van der Waals surface area contributed by atoms with Gasteiger partial charge >= 0.3 is 0 Å². The van der Waals surface area contributed by atoms with Crippen molar-refractivity contribution >= 4 is 28.9 Å². The predicted molar refractivity (Wildman–Crippen MR) is 67.1 cm³/mol. The third-order valence-corrected chi connectivity index (χ3v) is 3.15. The SMILES string of the molecule is CC(=O)Nc1cc(NC2CC2)c(C)c(Cl)c1F. The maximum atomic E-state index is 13.8.